The Kier molecular flexibility index (Phi) is 3.62. The number of thioether (sulfide) groups is 1. The third-order valence-corrected chi connectivity index (χ3v) is 4.03. The van der Waals surface area contributed by atoms with E-state index in [1.54, 1.807) is 11.8 Å². The fourth-order valence-electron chi connectivity index (χ4n) is 1.89. The van der Waals surface area contributed by atoms with Gasteiger partial charge < -0.3 is 14.6 Å². The minimum absolute atomic E-state index is 0.0904. The first-order valence-electron chi connectivity index (χ1n) is 6.06. The second-order valence-corrected chi connectivity index (χ2v) is 5.33. The molecule has 0 aromatic heterocycles. The van der Waals surface area contributed by atoms with Crippen LogP contribution in [-0.2, 0) is 12.4 Å². The summed E-state index contributed by atoms with van der Waals surface area (Å²) in [5.74, 6) is 2.53. The van der Waals surface area contributed by atoms with E-state index in [1.165, 1.54) is 10.5 Å². The van der Waals surface area contributed by atoms with Crippen LogP contribution in [0.25, 0.3) is 0 Å². The molecule has 1 aliphatic heterocycles. The van der Waals surface area contributed by atoms with Gasteiger partial charge >= 0.3 is 0 Å². The number of aliphatic hydroxyl groups is 1. The van der Waals surface area contributed by atoms with Crippen molar-refractivity contribution in [3.63, 3.8) is 0 Å². The first-order chi connectivity index (χ1) is 9.35. The van der Waals surface area contributed by atoms with Gasteiger partial charge in [-0.1, -0.05) is 18.2 Å². The molecule has 98 valence electrons. The van der Waals surface area contributed by atoms with Crippen molar-refractivity contribution in [3.05, 3.63) is 53.6 Å². The zero-order valence-electron chi connectivity index (χ0n) is 10.3. The number of hydrogen-bond acceptors (Lipinski definition) is 4. The molecule has 0 saturated carbocycles. The summed E-state index contributed by atoms with van der Waals surface area (Å²) >= 11 is 1.76. The van der Waals surface area contributed by atoms with E-state index in [0.29, 0.717) is 6.79 Å². The van der Waals surface area contributed by atoms with Gasteiger partial charge in [0.25, 0.3) is 0 Å². The van der Waals surface area contributed by atoms with Crippen LogP contribution < -0.4 is 9.47 Å². The van der Waals surface area contributed by atoms with Crippen LogP contribution in [0.3, 0.4) is 0 Å². The van der Waals surface area contributed by atoms with Crippen LogP contribution >= 0.6 is 11.8 Å². The highest BCUT2D eigenvalue weighted by Crippen LogP contribution is 2.34. The Balaban J connectivity index is 1.65. The molecule has 1 N–H and O–H groups in total. The SMILES string of the molecule is OCc1ccc(SCc2ccc3c(c2)OCO3)cc1. The van der Waals surface area contributed by atoms with E-state index in [4.69, 9.17) is 14.6 Å². The van der Waals surface area contributed by atoms with Crippen molar-refractivity contribution in [1.82, 2.24) is 0 Å². The summed E-state index contributed by atoms with van der Waals surface area (Å²) in [5.41, 5.74) is 2.15. The molecule has 3 rings (SSSR count). The predicted octanol–water partition coefficient (Wildman–Crippen LogP) is 3.20. The highest BCUT2D eigenvalue weighted by molar-refractivity contribution is 7.98. The molecule has 1 aliphatic rings. The molecule has 19 heavy (non-hydrogen) atoms. The molecule has 0 aliphatic carbocycles. The number of ether oxygens (including phenoxy) is 2. The van der Waals surface area contributed by atoms with Gasteiger partial charge in [0.15, 0.2) is 11.5 Å². The van der Waals surface area contributed by atoms with Crippen LogP contribution in [0.15, 0.2) is 47.4 Å². The van der Waals surface area contributed by atoms with Crippen LogP contribution in [0.5, 0.6) is 11.5 Å². The van der Waals surface area contributed by atoms with Crippen LogP contribution in [0.2, 0.25) is 0 Å². The van der Waals surface area contributed by atoms with Gasteiger partial charge in [-0.2, -0.15) is 0 Å². The zero-order valence-corrected chi connectivity index (χ0v) is 11.2. The third kappa shape index (κ3) is 2.85. The Morgan fingerprint density at radius 2 is 1.68 bits per heavy atom. The molecule has 0 radical (unpaired) electrons. The van der Waals surface area contributed by atoms with E-state index in [0.717, 1.165) is 22.8 Å². The topological polar surface area (TPSA) is 38.7 Å². The van der Waals surface area contributed by atoms with Crippen molar-refractivity contribution < 1.29 is 14.6 Å². The maximum Gasteiger partial charge on any atom is 0.231 e. The highest BCUT2D eigenvalue weighted by Gasteiger charge is 2.12. The van der Waals surface area contributed by atoms with Crippen molar-refractivity contribution in [2.75, 3.05) is 6.79 Å². The number of aliphatic hydroxyl groups excluding tert-OH is 1. The maximum atomic E-state index is 8.99. The van der Waals surface area contributed by atoms with Crippen molar-refractivity contribution in [2.24, 2.45) is 0 Å². The quantitative estimate of drug-likeness (QED) is 0.869. The Hall–Kier alpha value is -1.65. The normalized spacial score (nSPS) is 12.7. The summed E-state index contributed by atoms with van der Waals surface area (Å²) in [6.45, 7) is 0.404. The van der Waals surface area contributed by atoms with Crippen LogP contribution in [-0.4, -0.2) is 11.9 Å². The number of fused-ring (bicyclic) bond motifs is 1. The van der Waals surface area contributed by atoms with Crippen LogP contribution in [0.4, 0.5) is 0 Å². The van der Waals surface area contributed by atoms with Crippen LogP contribution in [0.1, 0.15) is 11.1 Å². The fourth-order valence-corrected chi connectivity index (χ4v) is 2.73. The fraction of sp³-hybridized carbons (Fsp3) is 0.200. The van der Waals surface area contributed by atoms with Gasteiger partial charge in [-0.3, -0.25) is 0 Å². The van der Waals surface area contributed by atoms with Crippen molar-refractivity contribution in [2.45, 2.75) is 17.3 Å². The summed E-state index contributed by atoms with van der Waals surface area (Å²) in [6, 6.07) is 14.0. The molecule has 4 heteroatoms. The lowest BCUT2D eigenvalue weighted by Gasteiger charge is -2.04. The lowest BCUT2D eigenvalue weighted by Crippen LogP contribution is -1.92. The molecule has 2 aromatic carbocycles. The minimum atomic E-state index is 0.0904. The lowest BCUT2D eigenvalue weighted by atomic mass is 10.2. The van der Waals surface area contributed by atoms with Crippen molar-refractivity contribution in [1.29, 1.82) is 0 Å². The Morgan fingerprint density at radius 3 is 2.47 bits per heavy atom. The van der Waals surface area contributed by atoms with Crippen LogP contribution in [0, 0.1) is 0 Å². The molecular weight excluding hydrogens is 260 g/mol. The van der Waals surface area contributed by atoms with E-state index in [9.17, 15) is 0 Å². The first kappa shape index (κ1) is 12.4. The predicted molar refractivity (Wildman–Crippen MR) is 74.5 cm³/mol. The molecule has 3 nitrogen and oxygen atoms in total. The Labute approximate surface area is 116 Å². The summed E-state index contributed by atoms with van der Waals surface area (Å²) in [7, 11) is 0. The molecule has 0 bridgehead atoms. The van der Waals surface area contributed by atoms with Gasteiger partial charge in [-0.15, -0.1) is 11.8 Å². The maximum absolute atomic E-state index is 8.99. The third-order valence-electron chi connectivity index (χ3n) is 2.95. The monoisotopic (exact) mass is 274 g/mol. The largest absolute Gasteiger partial charge is 0.454 e. The summed E-state index contributed by atoms with van der Waals surface area (Å²) < 4.78 is 10.7. The summed E-state index contributed by atoms with van der Waals surface area (Å²) in [4.78, 5) is 1.19. The average Bonchev–Trinajstić information content (AvgIpc) is 2.93. The molecule has 2 aromatic rings. The summed E-state index contributed by atoms with van der Waals surface area (Å²) in [5, 5.41) is 8.99. The standard InChI is InChI=1S/C15H14O3S/c16-8-11-1-4-13(5-2-11)19-9-12-3-6-14-15(7-12)18-10-17-14/h1-7,16H,8-10H2. The minimum Gasteiger partial charge on any atom is -0.454 e. The van der Waals surface area contributed by atoms with E-state index in [-0.39, 0.29) is 6.61 Å². The Morgan fingerprint density at radius 1 is 0.947 bits per heavy atom. The number of rotatable bonds is 4. The van der Waals surface area contributed by atoms with Gasteiger partial charge in [-0.05, 0) is 35.4 Å². The van der Waals surface area contributed by atoms with Gasteiger partial charge in [0, 0.05) is 10.6 Å². The molecule has 0 amide bonds. The van der Waals surface area contributed by atoms with Crippen molar-refractivity contribution >= 4 is 11.8 Å². The summed E-state index contributed by atoms with van der Waals surface area (Å²) in [6.07, 6.45) is 0. The molecule has 1 heterocycles. The molecule has 0 unspecified atom stereocenters. The number of benzene rings is 2. The van der Waals surface area contributed by atoms with Crippen molar-refractivity contribution in [3.8, 4) is 11.5 Å². The Bertz CT molecular complexity index is 566. The van der Waals surface area contributed by atoms with Gasteiger partial charge in [-0.25, -0.2) is 0 Å². The molecule has 0 saturated heterocycles. The average molecular weight is 274 g/mol. The smallest absolute Gasteiger partial charge is 0.231 e. The van der Waals surface area contributed by atoms with E-state index in [2.05, 4.69) is 6.07 Å². The second kappa shape index (κ2) is 5.55. The van der Waals surface area contributed by atoms with Gasteiger partial charge in [0.05, 0.1) is 6.61 Å². The van der Waals surface area contributed by atoms with Gasteiger partial charge in [0.1, 0.15) is 0 Å². The first-order valence-corrected chi connectivity index (χ1v) is 7.05. The van der Waals surface area contributed by atoms with E-state index in [1.807, 2.05) is 36.4 Å². The molecule has 0 atom stereocenters. The van der Waals surface area contributed by atoms with E-state index < -0.39 is 0 Å². The molecule has 0 spiro atoms. The van der Waals surface area contributed by atoms with Gasteiger partial charge in [0.2, 0.25) is 6.79 Å². The van der Waals surface area contributed by atoms with E-state index >= 15 is 0 Å². The highest BCUT2D eigenvalue weighted by atomic mass is 32.2. The second-order valence-electron chi connectivity index (χ2n) is 4.28. The molecule has 0 fully saturated rings. The lowest BCUT2D eigenvalue weighted by molar-refractivity contribution is 0.174. The molecular formula is C15H14O3S. The zero-order chi connectivity index (χ0) is 13.1. The number of hydrogen-bond donors (Lipinski definition) is 1.